The van der Waals surface area contributed by atoms with Crippen LogP contribution in [0.25, 0.3) is 0 Å². The molecule has 0 radical (unpaired) electrons. The lowest BCUT2D eigenvalue weighted by Gasteiger charge is -2.25. The molecule has 0 aliphatic rings. The Hall–Kier alpha value is 1.56. The lowest BCUT2D eigenvalue weighted by Crippen LogP contribution is -2.36. The standard InChI is InChI=1S/C4H2Cl6F2O/c5-1(11)4(9,10)13-2(12)3(6,7)8/h1-2H. The van der Waals surface area contributed by atoms with Crippen molar-refractivity contribution in [1.82, 2.24) is 0 Å². The molecule has 0 fully saturated rings. The summed E-state index contributed by atoms with van der Waals surface area (Å²) in [7, 11) is 0. The summed E-state index contributed by atoms with van der Waals surface area (Å²) in [5, 5.41) is 0. The van der Waals surface area contributed by atoms with Gasteiger partial charge in [-0.2, -0.15) is 0 Å². The molecule has 0 spiro atoms. The van der Waals surface area contributed by atoms with E-state index in [2.05, 4.69) is 4.74 Å². The maximum absolute atomic E-state index is 12.8. The number of ether oxygens (including phenoxy) is 1. The molecule has 80 valence electrons. The van der Waals surface area contributed by atoms with E-state index in [9.17, 15) is 8.78 Å². The van der Waals surface area contributed by atoms with Crippen molar-refractivity contribution < 1.29 is 13.5 Å². The van der Waals surface area contributed by atoms with E-state index in [4.69, 9.17) is 69.6 Å². The highest BCUT2D eigenvalue weighted by molar-refractivity contribution is 6.68. The fourth-order valence-electron chi connectivity index (χ4n) is 0.256. The summed E-state index contributed by atoms with van der Waals surface area (Å²) in [6, 6.07) is 0. The van der Waals surface area contributed by atoms with Gasteiger partial charge >= 0.3 is 0 Å². The Morgan fingerprint density at radius 1 is 1.00 bits per heavy atom. The molecule has 0 heterocycles. The van der Waals surface area contributed by atoms with Crippen molar-refractivity contribution in [2.24, 2.45) is 0 Å². The Labute approximate surface area is 103 Å². The van der Waals surface area contributed by atoms with Gasteiger partial charge in [0.05, 0.1) is 0 Å². The van der Waals surface area contributed by atoms with Crippen LogP contribution in [0.15, 0.2) is 0 Å². The van der Waals surface area contributed by atoms with Gasteiger partial charge in [0.15, 0.2) is 0 Å². The molecule has 0 saturated heterocycles. The van der Waals surface area contributed by atoms with Gasteiger partial charge in [0.1, 0.15) is 0 Å². The molecule has 0 aromatic carbocycles. The second kappa shape index (κ2) is 5.06. The largest absolute Gasteiger partial charge is 0.304 e. The van der Waals surface area contributed by atoms with Crippen LogP contribution in [-0.2, 0) is 4.74 Å². The van der Waals surface area contributed by atoms with Crippen LogP contribution in [0.4, 0.5) is 8.78 Å². The zero-order chi connectivity index (χ0) is 10.9. The van der Waals surface area contributed by atoms with Crippen molar-refractivity contribution in [3.63, 3.8) is 0 Å². The van der Waals surface area contributed by atoms with Gasteiger partial charge in [-0.05, 0) is 0 Å². The molecule has 13 heavy (non-hydrogen) atoms. The van der Waals surface area contributed by atoms with Crippen molar-refractivity contribution in [1.29, 1.82) is 0 Å². The minimum atomic E-state index is -2.61. The number of hydrogen-bond acceptors (Lipinski definition) is 1. The molecule has 9 heteroatoms. The summed E-state index contributed by atoms with van der Waals surface area (Å²) in [5.74, 6) is 0. The van der Waals surface area contributed by atoms with E-state index in [1.165, 1.54) is 0 Å². The average Bonchev–Trinajstić information content (AvgIpc) is 1.83. The first-order chi connectivity index (χ1) is 5.57. The van der Waals surface area contributed by atoms with Gasteiger partial charge in [0.2, 0.25) is 15.8 Å². The van der Waals surface area contributed by atoms with Gasteiger partial charge in [-0.3, -0.25) is 0 Å². The Bertz CT molecular complexity index is 169. The topological polar surface area (TPSA) is 9.23 Å². The second-order valence-electron chi connectivity index (χ2n) is 1.84. The molecule has 0 N–H and O–H groups in total. The van der Waals surface area contributed by atoms with Crippen LogP contribution in [0.5, 0.6) is 0 Å². The highest BCUT2D eigenvalue weighted by Gasteiger charge is 2.44. The summed E-state index contributed by atoms with van der Waals surface area (Å²) in [4.78, 5) is 0. The normalized spacial score (nSPS) is 18.5. The third-order valence-corrected chi connectivity index (χ3v) is 2.38. The molecule has 0 aromatic rings. The van der Waals surface area contributed by atoms with Crippen molar-refractivity contribution in [3.05, 3.63) is 0 Å². The molecule has 0 aliphatic heterocycles. The maximum Gasteiger partial charge on any atom is 0.266 e. The van der Waals surface area contributed by atoms with Crippen LogP contribution in [0, 0.1) is 0 Å². The van der Waals surface area contributed by atoms with E-state index in [1.54, 1.807) is 0 Å². The SMILES string of the molecule is FC(OC(Cl)(Cl)C(F)Cl)C(Cl)(Cl)Cl. The van der Waals surface area contributed by atoms with Gasteiger partial charge in [0, 0.05) is 0 Å². The van der Waals surface area contributed by atoms with Crippen molar-refractivity contribution in [3.8, 4) is 0 Å². The number of rotatable bonds is 3. The quantitative estimate of drug-likeness (QED) is 0.704. The lowest BCUT2D eigenvalue weighted by atomic mass is 10.7. The molecule has 2 unspecified atom stereocenters. The minimum Gasteiger partial charge on any atom is -0.304 e. The van der Waals surface area contributed by atoms with E-state index < -0.39 is 20.3 Å². The highest BCUT2D eigenvalue weighted by atomic mass is 35.6. The molecule has 0 saturated carbocycles. The zero-order valence-corrected chi connectivity index (χ0v) is 10.1. The van der Waals surface area contributed by atoms with Gasteiger partial charge in [-0.25, -0.2) is 8.78 Å². The fourth-order valence-corrected chi connectivity index (χ4v) is 0.598. The van der Waals surface area contributed by atoms with E-state index in [0.717, 1.165) is 0 Å². The van der Waals surface area contributed by atoms with Crippen molar-refractivity contribution >= 4 is 69.6 Å². The van der Waals surface area contributed by atoms with E-state index in [-0.39, 0.29) is 0 Å². The Morgan fingerprint density at radius 2 is 1.38 bits per heavy atom. The summed E-state index contributed by atoms with van der Waals surface area (Å²) in [6.07, 6.45) is -2.50. The van der Waals surface area contributed by atoms with Gasteiger partial charge < -0.3 is 4.74 Å². The van der Waals surface area contributed by atoms with Crippen molar-refractivity contribution in [2.45, 2.75) is 20.3 Å². The second-order valence-corrected chi connectivity index (χ2v) is 5.91. The smallest absolute Gasteiger partial charge is 0.266 e. The van der Waals surface area contributed by atoms with Crippen LogP contribution in [0.2, 0.25) is 0 Å². The Morgan fingerprint density at radius 3 is 1.62 bits per heavy atom. The summed E-state index contributed by atoms with van der Waals surface area (Å²) >= 11 is 30.1. The fraction of sp³-hybridized carbons (Fsp3) is 1.00. The van der Waals surface area contributed by atoms with Crippen LogP contribution < -0.4 is 0 Å². The number of alkyl halides is 8. The molecule has 0 aliphatic carbocycles. The molecule has 0 aromatic heterocycles. The predicted octanol–water partition coefficient (Wildman–Crippen LogP) is 4.33. The van der Waals surface area contributed by atoms with E-state index in [0.29, 0.717) is 0 Å². The molecule has 0 amide bonds. The summed E-state index contributed by atoms with van der Waals surface area (Å²) in [6.45, 7) is 0. The molecule has 0 rings (SSSR count). The van der Waals surface area contributed by atoms with Crippen LogP contribution in [-0.4, -0.2) is 20.3 Å². The molecular weight excluding hydrogens is 315 g/mol. The summed E-state index contributed by atoms with van der Waals surface area (Å²) < 4.78 is 24.1. The van der Waals surface area contributed by atoms with Gasteiger partial charge in [-0.1, -0.05) is 69.6 Å². The predicted molar refractivity (Wildman–Crippen MR) is 51.5 cm³/mol. The Kier molecular flexibility index (Phi) is 5.67. The van der Waals surface area contributed by atoms with Gasteiger partial charge in [-0.15, -0.1) is 0 Å². The minimum absolute atomic E-state index is 2.36. The number of hydrogen-bond donors (Lipinski definition) is 0. The van der Waals surface area contributed by atoms with Crippen LogP contribution >= 0.6 is 69.6 Å². The van der Waals surface area contributed by atoms with Crippen LogP contribution in [0.3, 0.4) is 0 Å². The van der Waals surface area contributed by atoms with Crippen molar-refractivity contribution in [2.75, 3.05) is 0 Å². The van der Waals surface area contributed by atoms with E-state index in [1.807, 2.05) is 0 Å². The van der Waals surface area contributed by atoms with Crippen LogP contribution in [0.1, 0.15) is 0 Å². The van der Waals surface area contributed by atoms with Gasteiger partial charge in [0.25, 0.3) is 4.52 Å². The monoisotopic (exact) mass is 314 g/mol. The average molecular weight is 317 g/mol. The molecular formula is C4H2Cl6F2O. The first-order valence-corrected chi connectivity index (χ1v) is 4.94. The summed E-state index contributed by atoms with van der Waals surface area (Å²) in [5.41, 5.74) is -2.36. The lowest BCUT2D eigenvalue weighted by molar-refractivity contribution is -0.0823. The first kappa shape index (κ1) is 14.6. The molecule has 1 nitrogen and oxygen atoms in total. The number of halogens is 8. The molecule has 0 bridgehead atoms. The third kappa shape index (κ3) is 5.26. The highest BCUT2D eigenvalue weighted by Crippen LogP contribution is 2.40. The molecule has 2 atom stereocenters. The zero-order valence-electron chi connectivity index (χ0n) is 5.59. The third-order valence-electron chi connectivity index (χ3n) is 0.772. The van der Waals surface area contributed by atoms with E-state index >= 15 is 0 Å². The maximum atomic E-state index is 12.8. The first-order valence-electron chi connectivity index (χ1n) is 2.62. The Balaban J connectivity index is 4.28.